The summed E-state index contributed by atoms with van der Waals surface area (Å²) in [6.45, 7) is 0. The van der Waals surface area contributed by atoms with Gasteiger partial charge in [0.2, 0.25) is 0 Å². The summed E-state index contributed by atoms with van der Waals surface area (Å²) in [6, 6.07) is 49.6. The first kappa shape index (κ1) is 26.5. The zero-order valence-electron chi connectivity index (χ0n) is 25.2. The van der Waals surface area contributed by atoms with Crippen molar-refractivity contribution in [1.29, 1.82) is 0 Å². The second-order valence-electron chi connectivity index (χ2n) is 11.9. The van der Waals surface area contributed by atoms with E-state index < -0.39 is 0 Å². The van der Waals surface area contributed by atoms with Crippen LogP contribution in [0.1, 0.15) is 12.0 Å². The van der Waals surface area contributed by atoms with Crippen molar-refractivity contribution in [2.75, 3.05) is 4.90 Å². The lowest BCUT2D eigenvalue weighted by Gasteiger charge is -2.33. The highest BCUT2D eigenvalue weighted by atomic mass is 16.3. The molecule has 2 aromatic heterocycles. The summed E-state index contributed by atoms with van der Waals surface area (Å²) < 4.78 is 6.52. The van der Waals surface area contributed by atoms with Crippen LogP contribution in [0.5, 0.6) is 0 Å². The standard InChI is InChI=1S/C43H30N2O/c1-2-11-34(12-3-1)45(35-22-18-30(19-23-35)33-17-16-29-9-4-5-10-32(29)27-33)36-24-20-31(21-25-36)39-28-40-37(14-8-26-44-40)42-38-13-6-7-15-41(38)46-43(39)42/h1-24,26-28,36H,25H2. The van der Waals surface area contributed by atoms with Gasteiger partial charge < -0.3 is 9.32 Å². The molecule has 46 heavy (non-hydrogen) atoms. The number of furan rings is 1. The maximum absolute atomic E-state index is 6.52. The van der Waals surface area contributed by atoms with Crippen LogP contribution in [0.2, 0.25) is 0 Å². The lowest BCUT2D eigenvalue weighted by Crippen LogP contribution is -2.30. The van der Waals surface area contributed by atoms with Crippen LogP contribution in [0.15, 0.2) is 168 Å². The molecular weight excluding hydrogens is 560 g/mol. The van der Waals surface area contributed by atoms with Crippen LogP contribution in [0.3, 0.4) is 0 Å². The zero-order valence-corrected chi connectivity index (χ0v) is 25.2. The third kappa shape index (κ3) is 4.48. The van der Waals surface area contributed by atoms with E-state index in [-0.39, 0.29) is 6.04 Å². The molecule has 0 radical (unpaired) electrons. The molecule has 1 atom stereocenters. The van der Waals surface area contributed by atoms with Crippen LogP contribution in [0.4, 0.5) is 11.4 Å². The molecule has 1 unspecified atom stereocenters. The first-order valence-corrected chi connectivity index (χ1v) is 15.8. The maximum Gasteiger partial charge on any atom is 0.143 e. The maximum atomic E-state index is 6.52. The first-order valence-electron chi connectivity index (χ1n) is 15.8. The minimum atomic E-state index is 0.155. The Morgan fingerprint density at radius 3 is 2.22 bits per heavy atom. The molecule has 0 fully saturated rings. The number of nitrogens with zero attached hydrogens (tertiary/aromatic N) is 2. The van der Waals surface area contributed by atoms with Crippen molar-refractivity contribution in [2.45, 2.75) is 12.5 Å². The van der Waals surface area contributed by atoms with Gasteiger partial charge in [-0.3, -0.25) is 4.98 Å². The smallest absolute Gasteiger partial charge is 0.143 e. The van der Waals surface area contributed by atoms with Crippen molar-refractivity contribution in [3.05, 3.63) is 170 Å². The summed E-state index contributed by atoms with van der Waals surface area (Å²) in [5.74, 6) is 0. The highest BCUT2D eigenvalue weighted by Gasteiger charge is 2.23. The number of allylic oxidation sites excluding steroid dienone is 2. The van der Waals surface area contributed by atoms with E-state index in [4.69, 9.17) is 9.40 Å². The van der Waals surface area contributed by atoms with Gasteiger partial charge in [0.1, 0.15) is 11.2 Å². The van der Waals surface area contributed by atoms with Crippen LogP contribution in [0, 0.1) is 0 Å². The van der Waals surface area contributed by atoms with E-state index in [1.807, 2.05) is 24.4 Å². The summed E-state index contributed by atoms with van der Waals surface area (Å²) in [5, 5.41) is 5.89. The fraction of sp³-hybridized carbons (Fsp3) is 0.0465. The normalized spacial score (nSPS) is 14.7. The van der Waals surface area contributed by atoms with Crippen LogP contribution >= 0.6 is 0 Å². The SMILES string of the molecule is C1=CC(N(c2ccccc2)c2ccc(-c3ccc4ccccc4c3)cc2)CC=C1c1cc2ncccc2c2c1oc1ccccc12. The molecule has 0 bridgehead atoms. The van der Waals surface area contributed by atoms with Crippen molar-refractivity contribution in [2.24, 2.45) is 0 Å². The average Bonchev–Trinajstić information content (AvgIpc) is 3.52. The molecule has 0 N–H and O–H groups in total. The summed E-state index contributed by atoms with van der Waals surface area (Å²) in [4.78, 5) is 7.18. The quantitative estimate of drug-likeness (QED) is 0.200. The molecule has 3 heteroatoms. The number of fused-ring (bicyclic) bond motifs is 6. The van der Waals surface area contributed by atoms with Gasteiger partial charge in [0.15, 0.2) is 0 Å². The molecule has 8 aromatic rings. The molecule has 0 amide bonds. The van der Waals surface area contributed by atoms with Gasteiger partial charge in [0.25, 0.3) is 0 Å². The van der Waals surface area contributed by atoms with Crippen molar-refractivity contribution in [1.82, 2.24) is 4.98 Å². The molecule has 1 aliphatic carbocycles. The van der Waals surface area contributed by atoms with Crippen molar-refractivity contribution < 1.29 is 4.42 Å². The van der Waals surface area contributed by atoms with Crippen LogP contribution < -0.4 is 4.90 Å². The Morgan fingerprint density at radius 2 is 1.37 bits per heavy atom. The number of aromatic nitrogens is 1. The number of hydrogen-bond acceptors (Lipinski definition) is 3. The molecular formula is C43H30N2O. The molecule has 2 heterocycles. The number of anilines is 2. The van der Waals surface area contributed by atoms with Crippen molar-refractivity contribution in [3.63, 3.8) is 0 Å². The van der Waals surface area contributed by atoms with Crippen molar-refractivity contribution >= 4 is 60.6 Å². The predicted octanol–water partition coefficient (Wildman–Crippen LogP) is 11.5. The predicted molar refractivity (Wildman–Crippen MR) is 193 cm³/mol. The molecule has 218 valence electrons. The molecule has 9 rings (SSSR count). The number of benzene rings is 6. The summed E-state index contributed by atoms with van der Waals surface area (Å²) in [5.41, 5.74) is 9.80. The van der Waals surface area contributed by atoms with E-state index in [0.717, 1.165) is 56.1 Å². The van der Waals surface area contributed by atoms with Gasteiger partial charge in [0, 0.05) is 39.3 Å². The minimum absolute atomic E-state index is 0.155. The van der Waals surface area contributed by atoms with Gasteiger partial charge in [-0.25, -0.2) is 0 Å². The largest absolute Gasteiger partial charge is 0.455 e. The first-order chi connectivity index (χ1) is 22.8. The van der Waals surface area contributed by atoms with Gasteiger partial charge in [-0.05, 0) is 82.4 Å². The molecule has 3 nitrogen and oxygen atoms in total. The Balaban J connectivity index is 1.08. The van der Waals surface area contributed by atoms with E-state index >= 15 is 0 Å². The van der Waals surface area contributed by atoms with E-state index in [2.05, 4.69) is 144 Å². The monoisotopic (exact) mass is 590 g/mol. The summed E-state index contributed by atoms with van der Waals surface area (Å²) in [6.07, 6.45) is 9.65. The van der Waals surface area contributed by atoms with Crippen molar-refractivity contribution in [3.8, 4) is 11.1 Å². The average molecular weight is 591 g/mol. The molecule has 0 saturated carbocycles. The van der Waals surface area contributed by atoms with Gasteiger partial charge in [0.05, 0.1) is 11.6 Å². The topological polar surface area (TPSA) is 29.3 Å². The van der Waals surface area contributed by atoms with Crippen LogP contribution in [0.25, 0.3) is 60.3 Å². The molecule has 0 saturated heterocycles. The van der Waals surface area contributed by atoms with E-state index in [0.29, 0.717) is 0 Å². The van der Waals surface area contributed by atoms with Crippen LogP contribution in [-0.2, 0) is 0 Å². The van der Waals surface area contributed by atoms with E-state index in [1.54, 1.807) is 0 Å². The van der Waals surface area contributed by atoms with Gasteiger partial charge in [-0.1, -0.05) is 109 Å². The van der Waals surface area contributed by atoms with Gasteiger partial charge in [-0.2, -0.15) is 0 Å². The third-order valence-corrected chi connectivity index (χ3v) is 9.21. The Kier molecular flexibility index (Phi) is 6.27. The second kappa shape index (κ2) is 10.9. The number of rotatable bonds is 5. The minimum Gasteiger partial charge on any atom is -0.455 e. The lowest BCUT2D eigenvalue weighted by molar-refractivity contribution is 0.668. The Hall–Kier alpha value is -5.93. The van der Waals surface area contributed by atoms with E-state index in [1.165, 1.54) is 27.6 Å². The highest BCUT2D eigenvalue weighted by molar-refractivity contribution is 6.20. The van der Waals surface area contributed by atoms with E-state index in [9.17, 15) is 0 Å². The Bertz CT molecular complexity index is 2450. The number of para-hydroxylation sites is 2. The number of pyridine rings is 1. The Labute approximate surface area is 267 Å². The molecule has 6 aromatic carbocycles. The number of hydrogen-bond donors (Lipinski definition) is 0. The summed E-state index contributed by atoms with van der Waals surface area (Å²) in [7, 11) is 0. The molecule has 1 aliphatic rings. The fourth-order valence-corrected chi connectivity index (χ4v) is 6.97. The van der Waals surface area contributed by atoms with Gasteiger partial charge in [-0.15, -0.1) is 0 Å². The second-order valence-corrected chi connectivity index (χ2v) is 11.9. The third-order valence-electron chi connectivity index (χ3n) is 9.21. The Morgan fingerprint density at radius 1 is 0.630 bits per heavy atom. The zero-order chi connectivity index (χ0) is 30.5. The summed E-state index contributed by atoms with van der Waals surface area (Å²) >= 11 is 0. The lowest BCUT2D eigenvalue weighted by atomic mass is 9.93. The van der Waals surface area contributed by atoms with Gasteiger partial charge >= 0.3 is 0 Å². The fourth-order valence-electron chi connectivity index (χ4n) is 6.97. The highest BCUT2D eigenvalue weighted by Crippen LogP contribution is 2.41. The van der Waals surface area contributed by atoms with Crippen LogP contribution in [-0.4, -0.2) is 11.0 Å². The molecule has 0 spiro atoms. The molecule has 0 aliphatic heterocycles.